The number of likely N-dealkylation sites (N-methyl/N-ethyl adjacent to an activating group) is 1. The molecule has 1 unspecified atom stereocenters. The zero-order valence-electron chi connectivity index (χ0n) is 38.7. The van der Waals surface area contributed by atoms with Crippen LogP contribution in [0.5, 0.6) is 0 Å². The zero-order valence-corrected chi connectivity index (χ0v) is 39.6. The second-order valence-electron chi connectivity index (χ2n) is 16.4. The first-order chi connectivity index (χ1) is 29.3. The zero-order chi connectivity index (χ0) is 45.1. The minimum atomic E-state index is -4.41. The molecule has 348 valence electrons. The summed E-state index contributed by atoms with van der Waals surface area (Å²) in [7, 11) is 1.39. The van der Waals surface area contributed by atoms with E-state index in [0.29, 0.717) is 30.3 Å². The molecule has 10 nitrogen and oxygen atoms in total. The molecule has 0 rings (SSSR count). The Morgan fingerprint density at radius 2 is 1.02 bits per heavy atom. The second kappa shape index (κ2) is 40.9. The highest BCUT2D eigenvalue weighted by molar-refractivity contribution is 7.47. The summed E-state index contributed by atoms with van der Waals surface area (Å²) in [6.07, 6.45) is 51.7. The van der Waals surface area contributed by atoms with E-state index in [9.17, 15) is 24.2 Å². The minimum absolute atomic E-state index is 0.00460. The summed E-state index contributed by atoms with van der Waals surface area (Å²) in [4.78, 5) is 35.4. The van der Waals surface area contributed by atoms with Crippen LogP contribution in [0.15, 0.2) is 97.2 Å². The maximum absolute atomic E-state index is 12.7. The van der Waals surface area contributed by atoms with E-state index in [4.69, 9.17) is 18.5 Å². The third-order valence-electron chi connectivity index (χ3n) is 9.11. The Hall–Kier alpha value is -3.11. The molecular formula is C50H85NO9P+. The van der Waals surface area contributed by atoms with Crippen LogP contribution >= 0.6 is 7.82 Å². The van der Waals surface area contributed by atoms with Crippen LogP contribution < -0.4 is 0 Å². The number of ether oxygens (including phenoxy) is 2. The molecule has 0 aliphatic rings. The fourth-order valence-corrected chi connectivity index (χ4v) is 6.22. The van der Waals surface area contributed by atoms with Crippen LogP contribution in [0, 0.1) is 0 Å². The molecule has 61 heavy (non-hydrogen) atoms. The van der Waals surface area contributed by atoms with Crippen LogP contribution in [0.1, 0.15) is 149 Å². The number of rotatable bonds is 40. The topological polar surface area (TPSA) is 129 Å². The van der Waals surface area contributed by atoms with Crippen molar-refractivity contribution in [3.63, 3.8) is 0 Å². The number of hydrogen-bond acceptors (Lipinski definition) is 8. The summed E-state index contributed by atoms with van der Waals surface area (Å²) in [6, 6.07) is 0. The van der Waals surface area contributed by atoms with E-state index in [0.717, 1.165) is 77.0 Å². The number of unbranched alkanes of at least 4 members (excludes halogenated alkanes) is 8. The number of carbonyl (C=O) groups is 2. The Morgan fingerprint density at radius 1 is 0.574 bits per heavy atom. The van der Waals surface area contributed by atoms with E-state index in [-0.39, 0.29) is 32.2 Å². The van der Waals surface area contributed by atoms with E-state index in [1.807, 2.05) is 34.1 Å². The molecule has 0 aromatic heterocycles. The minimum Gasteiger partial charge on any atom is -0.462 e. The smallest absolute Gasteiger partial charge is 0.462 e. The first-order valence-electron chi connectivity index (χ1n) is 23.0. The molecule has 0 amide bonds. The normalized spacial score (nSPS) is 14.9. The van der Waals surface area contributed by atoms with Crippen LogP contribution in [0.25, 0.3) is 0 Å². The third kappa shape index (κ3) is 46.2. The summed E-state index contributed by atoms with van der Waals surface area (Å²) in [6.45, 7) is 3.81. The molecule has 0 radical (unpaired) electrons. The van der Waals surface area contributed by atoms with Gasteiger partial charge in [-0.2, -0.15) is 0 Å². The summed E-state index contributed by atoms with van der Waals surface area (Å²) in [5.41, 5.74) is 0. The largest absolute Gasteiger partial charge is 0.472 e. The van der Waals surface area contributed by atoms with E-state index < -0.39 is 32.5 Å². The number of esters is 2. The lowest BCUT2D eigenvalue weighted by Crippen LogP contribution is -2.37. The number of allylic oxidation sites excluding steroid dienone is 16. The SMILES string of the molecule is CCCCC/C=C\C/C=C\C/C=C\C/C=C\CCCCCC(=O)OC[C@H](COP(=O)(O)OCC[N+](C)(C)C)OC(=O)CCC/C=C\C/C=C\C/C=C\C/C=C\CCC[C@H](C)O. The van der Waals surface area contributed by atoms with Gasteiger partial charge < -0.3 is 24.0 Å². The lowest BCUT2D eigenvalue weighted by atomic mass is 10.1. The average Bonchev–Trinajstić information content (AvgIpc) is 3.20. The number of phosphoric acid groups is 1. The Kier molecular flexibility index (Phi) is 38.8. The molecule has 0 heterocycles. The maximum atomic E-state index is 12.7. The highest BCUT2D eigenvalue weighted by Gasteiger charge is 2.27. The van der Waals surface area contributed by atoms with Gasteiger partial charge in [0.25, 0.3) is 0 Å². The molecule has 3 atom stereocenters. The van der Waals surface area contributed by atoms with Gasteiger partial charge in [0.15, 0.2) is 6.10 Å². The van der Waals surface area contributed by atoms with Crippen LogP contribution in [0.4, 0.5) is 0 Å². The number of carbonyl (C=O) groups excluding carboxylic acids is 2. The van der Waals surface area contributed by atoms with Gasteiger partial charge in [0.1, 0.15) is 19.8 Å². The van der Waals surface area contributed by atoms with Crippen molar-refractivity contribution in [1.82, 2.24) is 0 Å². The molecule has 0 spiro atoms. The molecule has 11 heteroatoms. The fourth-order valence-electron chi connectivity index (χ4n) is 5.48. The van der Waals surface area contributed by atoms with Gasteiger partial charge in [-0.05, 0) is 110 Å². The lowest BCUT2D eigenvalue weighted by molar-refractivity contribution is -0.870. The molecule has 0 aliphatic carbocycles. The Bertz CT molecular complexity index is 1370. The number of nitrogens with zero attached hydrogens (tertiary/aromatic N) is 1. The van der Waals surface area contributed by atoms with Crippen molar-refractivity contribution in [2.75, 3.05) is 47.5 Å². The molecular weight excluding hydrogens is 790 g/mol. The molecule has 0 aliphatic heterocycles. The number of aliphatic hydroxyl groups excluding tert-OH is 1. The number of aliphatic hydroxyl groups is 1. The second-order valence-corrected chi connectivity index (χ2v) is 17.8. The molecule has 2 N–H and O–H groups in total. The van der Waals surface area contributed by atoms with Crippen molar-refractivity contribution in [2.24, 2.45) is 0 Å². The van der Waals surface area contributed by atoms with Gasteiger partial charge in [0, 0.05) is 12.8 Å². The lowest BCUT2D eigenvalue weighted by Gasteiger charge is -2.24. The van der Waals surface area contributed by atoms with Gasteiger partial charge >= 0.3 is 19.8 Å². The Morgan fingerprint density at radius 3 is 1.49 bits per heavy atom. The van der Waals surface area contributed by atoms with Gasteiger partial charge in [-0.15, -0.1) is 0 Å². The van der Waals surface area contributed by atoms with Crippen LogP contribution in [0.3, 0.4) is 0 Å². The standard InChI is InChI=1S/C50H84NO9P/c1-6-7-8-9-10-11-12-13-14-15-16-17-20-23-26-29-32-35-38-41-49(53)57-45-48(46-59-61(55,56)58-44-43-51(3,4)5)60-50(54)42-39-36-33-30-27-24-21-18-19-22-25-28-31-34-37-40-47(2)52/h10-11,13-14,16-17,19,21-24,26,28,30-31,33,47-48,52H,6-9,12,15,18,20,25,27,29,32,34-46H2,1-5H3/p+1/b11-10-,14-13-,17-16-,22-19-,24-21-,26-23-,31-28-,33-30-/t47-,48+/m0/s1. The molecule has 0 bridgehead atoms. The number of phosphoric ester groups is 1. The van der Waals surface area contributed by atoms with Crippen molar-refractivity contribution in [3.05, 3.63) is 97.2 Å². The monoisotopic (exact) mass is 875 g/mol. The predicted octanol–water partition coefficient (Wildman–Crippen LogP) is 12.3. The molecule has 0 aromatic carbocycles. The van der Waals surface area contributed by atoms with E-state index in [1.165, 1.54) is 25.7 Å². The van der Waals surface area contributed by atoms with Gasteiger partial charge in [0.05, 0.1) is 33.9 Å². The Balaban J connectivity index is 4.51. The van der Waals surface area contributed by atoms with E-state index in [1.54, 1.807) is 0 Å². The summed E-state index contributed by atoms with van der Waals surface area (Å²) >= 11 is 0. The fraction of sp³-hybridized carbons (Fsp3) is 0.640. The van der Waals surface area contributed by atoms with Crippen LogP contribution in [-0.2, 0) is 32.7 Å². The highest BCUT2D eigenvalue weighted by Crippen LogP contribution is 2.43. The molecule has 0 fully saturated rings. The van der Waals surface area contributed by atoms with E-state index in [2.05, 4.69) is 98.1 Å². The maximum Gasteiger partial charge on any atom is 0.472 e. The Labute approximate surface area is 371 Å². The van der Waals surface area contributed by atoms with Crippen LogP contribution in [-0.4, -0.2) is 86.1 Å². The predicted molar refractivity (Wildman–Crippen MR) is 253 cm³/mol. The average molecular weight is 875 g/mol. The van der Waals surface area contributed by atoms with Gasteiger partial charge in [-0.25, -0.2) is 4.57 Å². The number of hydrogen-bond donors (Lipinski definition) is 2. The summed E-state index contributed by atoms with van der Waals surface area (Å²) in [5.74, 6) is -0.927. The van der Waals surface area contributed by atoms with Crippen LogP contribution in [0.2, 0.25) is 0 Å². The van der Waals surface area contributed by atoms with Crippen molar-refractivity contribution < 1.29 is 47.2 Å². The highest BCUT2D eigenvalue weighted by atomic mass is 31.2. The molecule has 0 saturated heterocycles. The van der Waals surface area contributed by atoms with Crippen molar-refractivity contribution in [3.8, 4) is 0 Å². The molecule has 0 saturated carbocycles. The van der Waals surface area contributed by atoms with Gasteiger partial charge in [-0.1, -0.05) is 123 Å². The van der Waals surface area contributed by atoms with Crippen molar-refractivity contribution in [2.45, 2.75) is 161 Å². The van der Waals surface area contributed by atoms with Gasteiger partial charge in [-0.3, -0.25) is 18.6 Å². The summed E-state index contributed by atoms with van der Waals surface area (Å²) < 4.78 is 34.2. The van der Waals surface area contributed by atoms with Gasteiger partial charge in [0.2, 0.25) is 0 Å². The number of quaternary nitrogens is 1. The third-order valence-corrected chi connectivity index (χ3v) is 10.1. The summed E-state index contributed by atoms with van der Waals surface area (Å²) in [5, 5.41) is 9.28. The quantitative estimate of drug-likeness (QED) is 0.0203. The first-order valence-corrected chi connectivity index (χ1v) is 24.5. The molecule has 0 aromatic rings. The van der Waals surface area contributed by atoms with E-state index >= 15 is 0 Å². The van der Waals surface area contributed by atoms with Crippen molar-refractivity contribution >= 4 is 19.8 Å². The van der Waals surface area contributed by atoms with Crippen molar-refractivity contribution in [1.29, 1.82) is 0 Å². The first kappa shape index (κ1) is 57.9.